The molecule has 0 unspecified atom stereocenters. The second kappa shape index (κ2) is 8.88. The van der Waals surface area contributed by atoms with Gasteiger partial charge < -0.3 is 4.74 Å². The van der Waals surface area contributed by atoms with Gasteiger partial charge in [-0.15, -0.1) is 0 Å². The normalized spacial score (nSPS) is 11.4. The maximum atomic E-state index is 6.08. The van der Waals surface area contributed by atoms with Gasteiger partial charge in [-0.25, -0.2) is 4.98 Å². The van der Waals surface area contributed by atoms with Crippen molar-refractivity contribution in [1.29, 1.82) is 0 Å². The number of hydrogen-bond acceptors (Lipinski definition) is 5. The number of fused-ring (bicyclic) bond motifs is 2. The molecule has 0 atom stereocenters. The topological polar surface area (TPSA) is 46.5 Å². The lowest BCUT2D eigenvalue weighted by Gasteiger charge is -2.11. The zero-order valence-electron chi connectivity index (χ0n) is 16.5. The Morgan fingerprint density at radius 1 is 0.968 bits per heavy atom. The van der Waals surface area contributed by atoms with Gasteiger partial charge in [-0.05, 0) is 68.2 Å². The average molecular weight is 488 g/mol. The first-order chi connectivity index (χ1) is 15.3. The van der Waals surface area contributed by atoms with Crippen LogP contribution in [0.1, 0.15) is 11.1 Å². The lowest BCUT2D eigenvalue weighted by atomic mass is 10.1. The van der Waals surface area contributed by atoms with Crippen LogP contribution in [0, 0.1) is 0 Å². The molecule has 0 radical (unpaired) electrons. The number of rotatable bonds is 6. The lowest BCUT2D eigenvalue weighted by Crippen LogP contribution is -1.98. The summed E-state index contributed by atoms with van der Waals surface area (Å²) in [7, 11) is 0. The molecule has 31 heavy (non-hydrogen) atoms. The van der Waals surface area contributed by atoms with Crippen molar-refractivity contribution in [3.63, 3.8) is 0 Å². The van der Waals surface area contributed by atoms with E-state index in [2.05, 4.69) is 80.0 Å². The molecule has 0 aliphatic carbocycles. The van der Waals surface area contributed by atoms with Gasteiger partial charge >= 0.3 is 0 Å². The molecule has 0 bridgehead atoms. The zero-order valence-corrected chi connectivity index (χ0v) is 18.9. The van der Waals surface area contributed by atoms with E-state index < -0.39 is 0 Å². The van der Waals surface area contributed by atoms with Crippen LogP contribution in [0.2, 0.25) is 0 Å². The van der Waals surface area contributed by atoms with Crippen molar-refractivity contribution < 1.29 is 4.74 Å². The minimum atomic E-state index is 0.506. The number of ether oxygens (including phenoxy) is 1. The number of nitrogens with one attached hydrogen (secondary N) is 1. The quantitative estimate of drug-likeness (QED) is 0.203. The van der Waals surface area contributed by atoms with Gasteiger partial charge in [-0.1, -0.05) is 65.9 Å². The fourth-order valence-electron chi connectivity index (χ4n) is 3.37. The van der Waals surface area contributed by atoms with E-state index in [0.717, 1.165) is 36.7 Å². The third kappa shape index (κ3) is 4.45. The van der Waals surface area contributed by atoms with Crippen molar-refractivity contribution in [1.82, 2.24) is 4.98 Å². The standard InChI is InChI=1S/C25H18BrN3OS/c26-21-14-17(15-27-29-25-28-22-10-3-4-11-24(22)31-25)12-13-23(21)30-16-19-8-5-7-18-6-1-2-9-20(18)19/h1-15H,16H2,(H,28,29)/b27-15+. The highest BCUT2D eigenvalue weighted by Crippen LogP contribution is 2.28. The summed E-state index contributed by atoms with van der Waals surface area (Å²) in [6.45, 7) is 0.506. The van der Waals surface area contributed by atoms with Crippen molar-refractivity contribution in [2.45, 2.75) is 6.61 Å². The fraction of sp³-hybridized carbons (Fsp3) is 0.0400. The number of halogens is 1. The summed E-state index contributed by atoms with van der Waals surface area (Å²) in [6, 6.07) is 28.6. The smallest absolute Gasteiger partial charge is 0.204 e. The van der Waals surface area contributed by atoms with E-state index >= 15 is 0 Å². The van der Waals surface area contributed by atoms with Gasteiger partial charge in [0.1, 0.15) is 12.4 Å². The van der Waals surface area contributed by atoms with E-state index in [-0.39, 0.29) is 0 Å². The third-order valence-corrected chi connectivity index (χ3v) is 6.45. The van der Waals surface area contributed by atoms with E-state index in [0.29, 0.717) is 6.61 Å². The molecule has 4 aromatic carbocycles. The summed E-state index contributed by atoms with van der Waals surface area (Å²) < 4.78 is 8.10. The maximum absolute atomic E-state index is 6.08. The Bertz CT molecular complexity index is 1360. The molecule has 6 heteroatoms. The van der Waals surface area contributed by atoms with Crippen LogP contribution < -0.4 is 10.2 Å². The number of thiazole rings is 1. The molecule has 5 rings (SSSR count). The van der Waals surface area contributed by atoms with E-state index in [4.69, 9.17) is 4.74 Å². The molecule has 0 aliphatic heterocycles. The van der Waals surface area contributed by atoms with Crippen molar-refractivity contribution >= 4 is 59.6 Å². The van der Waals surface area contributed by atoms with E-state index in [1.165, 1.54) is 10.8 Å². The Hall–Kier alpha value is -3.22. The lowest BCUT2D eigenvalue weighted by molar-refractivity contribution is 0.305. The van der Waals surface area contributed by atoms with Gasteiger partial charge in [-0.3, -0.25) is 5.43 Å². The van der Waals surface area contributed by atoms with Crippen LogP contribution >= 0.6 is 27.3 Å². The first-order valence-electron chi connectivity index (χ1n) is 9.80. The second-order valence-corrected chi connectivity index (χ2v) is 8.86. The summed E-state index contributed by atoms with van der Waals surface area (Å²) in [5.74, 6) is 0.796. The van der Waals surface area contributed by atoms with Crippen LogP contribution in [-0.4, -0.2) is 11.2 Å². The SMILES string of the molecule is Brc1cc(/C=N/Nc2nc3ccccc3s2)ccc1OCc1cccc2ccccc12. The Labute approximate surface area is 192 Å². The van der Waals surface area contributed by atoms with Crippen molar-refractivity contribution in [3.8, 4) is 5.75 Å². The highest BCUT2D eigenvalue weighted by Gasteiger charge is 2.06. The van der Waals surface area contributed by atoms with Gasteiger partial charge in [0, 0.05) is 0 Å². The maximum Gasteiger partial charge on any atom is 0.204 e. The molecule has 0 amide bonds. The number of anilines is 1. The summed E-state index contributed by atoms with van der Waals surface area (Å²) >= 11 is 5.19. The van der Waals surface area contributed by atoms with Crippen LogP contribution in [-0.2, 0) is 6.61 Å². The summed E-state index contributed by atoms with van der Waals surface area (Å²) in [5.41, 5.74) is 6.10. The highest BCUT2D eigenvalue weighted by atomic mass is 79.9. The summed E-state index contributed by atoms with van der Waals surface area (Å²) in [4.78, 5) is 4.51. The number of para-hydroxylation sites is 1. The van der Waals surface area contributed by atoms with Crippen LogP contribution in [0.15, 0.2) is 94.5 Å². The summed E-state index contributed by atoms with van der Waals surface area (Å²) in [6.07, 6.45) is 1.77. The molecule has 0 fully saturated rings. The molecule has 0 spiro atoms. The Balaban J connectivity index is 1.25. The highest BCUT2D eigenvalue weighted by molar-refractivity contribution is 9.10. The molecule has 5 aromatic rings. The Morgan fingerprint density at radius 2 is 1.81 bits per heavy atom. The van der Waals surface area contributed by atoms with E-state index in [1.54, 1.807) is 17.6 Å². The van der Waals surface area contributed by atoms with Crippen molar-refractivity contribution in [3.05, 3.63) is 101 Å². The molecular formula is C25H18BrN3OS. The first kappa shape index (κ1) is 19.7. The van der Waals surface area contributed by atoms with E-state index in [1.807, 2.05) is 36.4 Å². The molecular weight excluding hydrogens is 470 g/mol. The third-order valence-electron chi connectivity index (χ3n) is 4.89. The van der Waals surface area contributed by atoms with Crippen molar-refractivity contribution in [2.75, 3.05) is 5.43 Å². The van der Waals surface area contributed by atoms with Gasteiger partial charge in [-0.2, -0.15) is 5.10 Å². The molecule has 1 aromatic heterocycles. The summed E-state index contributed by atoms with van der Waals surface area (Å²) in [5, 5.41) is 7.52. The molecule has 1 N–H and O–H groups in total. The number of aromatic nitrogens is 1. The number of hydrogen-bond donors (Lipinski definition) is 1. The second-order valence-electron chi connectivity index (χ2n) is 6.97. The molecule has 4 nitrogen and oxygen atoms in total. The number of hydrazone groups is 1. The zero-order chi connectivity index (χ0) is 21.0. The first-order valence-corrected chi connectivity index (χ1v) is 11.4. The van der Waals surface area contributed by atoms with Gasteiger partial charge in [0.25, 0.3) is 0 Å². The molecule has 1 heterocycles. The van der Waals surface area contributed by atoms with Crippen molar-refractivity contribution in [2.24, 2.45) is 5.10 Å². The molecule has 0 saturated heterocycles. The Morgan fingerprint density at radius 3 is 2.71 bits per heavy atom. The monoisotopic (exact) mass is 487 g/mol. The predicted octanol–water partition coefficient (Wildman–Crippen LogP) is 7.24. The average Bonchev–Trinajstić information content (AvgIpc) is 3.21. The molecule has 0 aliphatic rings. The van der Waals surface area contributed by atoms with Gasteiger partial charge in [0.05, 0.1) is 20.9 Å². The molecule has 0 saturated carbocycles. The fourth-order valence-corrected chi connectivity index (χ4v) is 4.70. The van der Waals surface area contributed by atoms with Crippen LogP contribution in [0.4, 0.5) is 5.13 Å². The van der Waals surface area contributed by atoms with Crippen LogP contribution in [0.25, 0.3) is 21.0 Å². The minimum Gasteiger partial charge on any atom is -0.488 e. The van der Waals surface area contributed by atoms with Gasteiger partial charge in [0.15, 0.2) is 0 Å². The number of benzene rings is 4. The number of nitrogens with zero attached hydrogens (tertiary/aromatic N) is 2. The van der Waals surface area contributed by atoms with Crippen LogP contribution in [0.3, 0.4) is 0 Å². The minimum absolute atomic E-state index is 0.506. The van der Waals surface area contributed by atoms with Crippen LogP contribution in [0.5, 0.6) is 5.75 Å². The predicted molar refractivity (Wildman–Crippen MR) is 133 cm³/mol. The molecule has 152 valence electrons. The largest absolute Gasteiger partial charge is 0.488 e. The van der Waals surface area contributed by atoms with Gasteiger partial charge in [0.2, 0.25) is 5.13 Å². The van der Waals surface area contributed by atoms with E-state index in [9.17, 15) is 0 Å². The Kier molecular flexibility index (Phi) is 5.65.